The molecule has 3 heteroatoms. The Kier molecular flexibility index (Phi) is 4.92. The van der Waals surface area contributed by atoms with Crippen LogP contribution < -0.4 is 5.32 Å². The SMILES string of the molecule is CCNC(/C1=C/CCCCCC1)c1cc2sccc2s1. The Morgan fingerprint density at radius 3 is 2.95 bits per heavy atom. The van der Waals surface area contributed by atoms with Crippen LogP contribution in [0.15, 0.2) is 29.2 Å². The molecule has 0 aromatic carbocycles. The fourth-order valence-corrected chi connectivity index (χ4v) is 5.26. The summed E-state index contributed by atoms with van der Waals surface area (Å²) in [7, 11) is 0. The molecular weight excluding hydrogens is 282 g/mol. The Hall–Kier alpha value is -0.640. The Morgan fingerprint density at radius 1 is 1.20 bits per heavy atom. The predicted octanol–water partition coefficient (Wildman–Crippen LogP) is 5.89. The Balaban J connectivity index is 1.88. The molecule has 3 rings (SSSR count). The summed E-state index contributed by atoms with van der Waals surface area (Å²) >= 11 is 3.83. The monoisotopic (exact) mass is 305 g/mol. The molecule has 0 bridgehead atoms. The lowest BCUT2D eigenvalue weighted by Gasteiger charge is -2.22. The topological polar surface area (TPSA) is 12.0 Å². The van der Waals surface area contributed by atoms with Gasteiger partial charge in [0.15, 0.2) is 0 Å². The van der Waals surface area contributed by atoms with Crippen LogP contribution in [0.4, 0.5) is 0 Å². The summed E-state index contributed by atoms with van der Waals surface area (Å²) < 4.78 is 2.89. The van der Waals surface area contributed by atoms with Crippen LogP contribution in [0.1, 0.15) is 56.4 Å². The van der Waals surface area contributed by atoms with Crippen LogP contribution in [0.2, 0.25) is 0 Å². The van der Waals surface area contributed by atoms with Crippen LogP contribution >= 0.6 is 22.7 Å². The highest BCUT2D eigenvalue weighted by Crippen LogP contribution is 2.37. The van der Waals surface area contributed by atoms with Crippen molar-refractivity contribution < 1.29 is 0 Å². The average molecular weight is 306 g/mol. The van der Waals surface area contributed by atoms with Crippen molar-refractivity contribution in [1.29, 1.82) is 0 Å². The third-order valence-corrected chi connectivity index (χ3v) is 6.21. The second kappa shape index (κ2) is 6.88. The molecule has 2 aromatic rings. The standard InChI is InChI=1S/C17H23NS2/c1-2-18-17(13-8-6-4-3-5-7-9-13)16-12-15-14(20-16)10-11-19-15/h8,10-12,17-18H,2-7,9H2,1H3/b13-8+. The molecule has 0 spiro atoms. The van der Waals surface area contributed by atoms with Crippen molar-refractivity contribution in [2.75, 3.05) is 6.54 Å². The van der Waals surface area contributed by atoms with Gasteiger partial charge in [0.1, 0.15) is 0 Å². The molecule has 0 saturated carbocycles. The van der Waals surface area contributed by atoms with Gasteiger partial charge in [-0.25, -0.2) is 0 Å². The smallest absolute Gasteiger partial charge is 0.0631 e. The van der Waals surface area contributed by atoms with E-state index in [1.165, 1.54) is 52.8 Å². The zero-order chi connectivity index (χ0) is 13.8. The molecule has 1 N–H and O–H groups in total. The van der Waals surface area contributed by atoms with Crippen LogP contribution in [0.5, 0.6) is 0 Å². The molecule has 1 aliphatic carbocycles. The zero-order valence-electron chi connectivity index (χ0n) is 12.2. The first kappa shape index (κ1) is 14.3. The Bertz CT molecular complexity index is 550. The van der Waals surface area contributed by atoms with Crippen LogP contribution in [0.25, 0.3) is 9.40 Å². The zero-order valence-corrected chi connectivity index (χ0v) is 13.8. The maximum atomic E-state index is 3.71. The molecule has 1 aliphatic rings. The van der Waals surface area contributed by atoms with Gasteiger partial charge >= 0.3 is 0 Å². The average Bonchev–Trinajstić information content (AvgIpc) is 2.97. The van der Waals surface area contributed by atoms with Gasteiger partial charge in [-0.2, -0.15) is 0 Å². The van der Waals surface area contributed by atoms with E-state index < -0.39 is 0 Å². The van der Waals surface area contributed by atoms with Crippen molar-refractivity contribution >= 4 is 32.1 Å². The summed E-state index contributed by atoms with van der Waals surface area (Å²) in [6, 6.07) is 5.10. The van der Waals surface area contributed by atoms with E-state index in [0.29, 0.717) is 6.04 Å². The molecule has 0 amide bonds. The molecule has 1 unspecified atom stereocenters. The van der Waals surface area contributed by atoms with E-state index >= 15 is 0 Å². The lowest BCUT2D eigenvalue weighted by atomic mass is 9.94. The molecule has 0 aliphatic heterocycles. The minimum Gasteiger partial charge on any atom is -0.306 e. The number of thiophene rings is 2. The van der Waals surface area contributed by atoms with Gasteiger partial charge in [0, 0.05) is 14.3 Å². The molecule has 20 heavy (non-hydrogen) atoms. The van der Waals surface area contributed by atoms with E-state index in [0.717, 1.165) is 6.54 Å². The highest BCUT2D eigenvalue weighted by Gasteiger charge is 2.19. The fraction of sp³-hybridized carbons (Fsp3) is 0.529. The number of hydrogen-bond donors (Lipinski definition) is 1. The Morgan fingerprint density at radius 2 is 2.10 bits per heavy atom. The maximum absolute atomic E-state index is 3.71. The van der Waals surface area contributed by atoms with Crippen molar-refractivity contribution in [3.8, 4) is 0 Å². The van der Waals surface area contributed by atoms with Crippen molar-refractivity contribution in [3.63, 3.8) is 0 Å². The normalized spacial score (nSPS) is 21.1. The number of fused-ring (bicyclic) bond motifs is 1. The van der Waals surface area contributed by atoms with Crippen LogP contribution in [-0.2, 0) is 0 Å². The van der Waals surface area contributed by atoms with E-state index in [1.54, 1.807) is 5.57 Å². The van der Waals surface area contributed by atoms with Crippen molar-refractivity contribution in [3.05, 3.63) is 34.0 Å². The third kappa shape index (κ3) is 3.16. The number of nitrogens with one attached hydrogen (secondary N) is 1. The summed E-state index contributed by atoms with van der Waals surface area (Å²) in [5.74, 6) is 0. The summed E-state index contributed by atoms with van der Waals surface area (Å²) in [5, 5.41) is 5.91. The maximum Gasteiger partial charge on any atom is 0.0631 e. The molecule has 108 valence electrons. The van der Waals surface area contributed by atoms with Gasteiger partial charge in [0.05, 0.1) is 6.04 Å². The second-order valence-corrected chi connectivity index (χ2v) is 7.58. The summed E-state index contributed by atoms with van der Waals surface area (Å²) in [6.07, 6.45) is 10.6. The first-order chi connectivity index (χ1) is 9.88. The number of allylic oxidation sites excluding steroid dienone is 1. The summed E-state index contributed by atoms with van der Waals surface area (Å²) in [6.45, 7) is 3.25. The number of rotatable bonds is 4. The van der Waals surface area contributed by atoms with Crippen molar-refractivity contribution in [2.45, 2.75) is 51.5 Å². The lowest BCUT2D eigenvalue weighted by molar-refractivity contribution is 0.559. The third-order valence-electron chi connectivity index (χ3n) is 4.05. The molecule has 0 saturated heterocycles. The highest BCUT2D eigenvalue weighted by atomic mass is 32.1. The molecule has 0 radical (unpaired) electrons. The van der Waals surface area contributed by atoms with Gasteiger partial charge < -0.3 is 5.32 Å². The van der Waals surface area contributed by atoms with Crippen LogP contribution in [0, 0.1) is 0 Å². The minimum atomic E-state index is 0.447. The molecule has 2 aromatic heterocycles. The lowest BCUT2D eigenvalue weighted by Crippen LogP contribution is -2.22. The highest BCUT2D eigenvalue weighted by molar-refractivity contribution is 7.27. The van der Waals surface area contributed by atoms with E-state index in [1.807, 2.05) is 22.7 Å². The van der Waals surface area contributed by atoms with E-state index in [4.69, 9.17) is 0 Å². The minimum absolute atomic E-state index is 0.447. The Labute approximate surface area is 129 Å². The van der Waals surface area contributed by atoms with Gasteiger partial charge in [-0.15, -0.1) is 22.7 Å². The molecule has 0 fully saturated rings. The van der Waals surface area contributed by atoms with Gasteiger partial charge in [-0.1, -0.05) is 31.4 Å². The molecule has 2 heterocycles. The number of hydrogen-bond acceptors (Lipinski definition) is 3. The summed E-state index contributed by atoms with van der Waals surface area (Å²) in [4.78, 5) is 1.50. The quantitative estimate of drug-likeness (QED) is 0.694. The van der Waals surface area contributed by atoms with Crippen molar-refractivity contribution in [1.82, 2.24) is 5.32 Å². The first-order valence-corrected chi connectivity index (χ1v) is 9.47. The fourth-order valence-electron chi connectivity index (χ4n) is 3.02. The van der Waals surface area contributed by atoms with E-state index in [9.17, 15) is 0 Å². The van der Waals surface area contributed by atoms with Crippen LogP contribution in [-0.4, -0.2) is 6.54 Å². The van der Waals surface area contributed by atoms with Crippen LogP contribution in [0.3, 0.4) is 0 Å². The second-order valence-electron chi connectivity index (χ2n) is 5.52. The van der Waals surface area contributed by atoms with Gasteiger partial charge in [-0.3, -0.25) is 0 Å². The van der Waals surface area contributed by atoms with Gasteiger partial charge in [0.25, 0.3) is 0 Å². The van der Waals surface area contributed by atoms with Gasteiger partial charge in [0.2, 0.25) is 0 Å². The predicted molar refractivity (Wildman–Crippen MR) is 91.9 cm³/mol. The molecular formula is C17H23NS2. The van der Waals surface area contributed by atoms with Gasteiger partial charge in [-0.05, 0) is 49.7 Å². The first-order valence-electron chi connectivity index (χ1n) is 7.77. The summed E-state index contributed by atoms with van der Waals surface area (Å²) in [5.41, 5.74) is 1.63. The van der Waals surface area contributed by atoms with E-state index in [-0.39, 0.29) is 0 Å². The van der Waals surface area contributed by atoms with Crippen molar-refractivity contribution in [2.24, 2.45) is 0 Å². The number of likely N-dealkylation sites (N-methyl/N-ethyl adjacent to an activating group) is 1. The molecule has 1 atom stereocenters. The van der Waals surface area contributed by atoms with E-state index in [2.05, 4.69) is 35.8 Å². The largest absolute Gasteiger partial charge is 0.306 e. The molecule has 1 nitrogen and oxygen atoms in total.